The van der Waals surface area contributed by atoms with Gasteiger partial charge in [-0.25, -0.2) is 4.79 Å². The lowest BCUT2D eigenvalue weighted by Gasteiger charge is -2.23. The summed E-state index contributed by atoms with van der Waals surface area (Å²) in [6.07, 6.45) is 1.50. The van der Waals surface area contributed by atoms with E-state index in [-0.39, 0.29) is 11.9 Å². The first-order chi connectivity index (χ1) is 9.90. The molecular formula is C15H20ClN3O2. The Morgan fingerprint density at radius 3 is 2.67 bits per heavy atom. The molecule has 0 aliphatic carbocycles. The van der Waals surface area contributed by atoms with Crippen LogP contribution < -0.4 is 11.1 Å². The summed E-state index contributed by atoms with van der Waals surface area (Å²) in [6.45, 7) is 4.54. The van der Waals surface area contributed by atoms with E-state index in [1.807, 2.05) is 13.0 Å². The minimum atomic E-state index is -1.03. The van der Waals surface area contributed by atoms with Gasteiger partial charge in [0.15, 0.2) is 0 Å². The number of aryl methyl sites for hydroxylation is 1. The molecule has 1 unspecified atom stereocenters. The van der Waals surface area contributed by atoms with Crippen LogP contribution in [0.2, 0.25) is 5.02 Å². The standard InChI is InChI=1S/C15H20ClN3O2/c1-10-9-11(5-6-12(10)16)15(2)13(20)19(14(21)18-15)8-4-3-7-17/h5-6,9H,3-4,7-8,17H2,1-2H3,(H,18,21). The number of nitrogens with one attached hydrogen (secondary N) is 1. The molecule has 3 N–H and O–H groups in total. The fraction of sp³-hybridized carbons (Fsp3) is 0.467. The fourth-order valence-corrected chi connectivity index (χ4v) is 2.58. The molecule has 0 aromatic heterocycles. The van der Waals surface area contributed by atoms with Gasteiger partial charge >= 0.3 is 6.03 Å². The van der Waals surface area contributed by atoms with Crippen molar-refractivity contribution < 1.29 is 9.59 Å². The Kier molecular flexibility index (Phi) is 4.54. The Morgan fingerprint density at radius 2 is 2.05 bits per heavy atom. The first-order valence-corrected chi connectivity index (χ1v) is 7.38. The summed E-state index contributed by atoms with van der Waals surface area (Å²) >= 11 is 6.02. The van der Waals surface area contributed by atoms with Crippen LogP contribution >= 0.6 is 11.6 Å². The zero-order valence-electron chi connectivity index (χ0n) is 12.3. The molecule has 3 amide bonds. The Balaban J connectivity index is 2.24. The van der Waals surface area contributed by atoms with Gasteiger partial charge in [-0.05, 0) is 50.4 Å². The van der Waals surface area contributed by atoms with Gasteiger partial charge in [-0.2, -0.15) is 0 Å². The molecule has 1 fully saturated rings. The minimum Gasteiger partial charge on any atom is -0.330 e. The molecule has 1 atom stereocenters. The van der Waals surface area contributed by atoms with Crippen molar-refractivity contribution in [2.75, 3.05) is 13.1 Å². The lowest BCUT2D eigenvalue weighted by Crippen LogP contribution is -2.41. The lowest BCUT2D eigenvalue weighted by molar-refractivity contribution is -0.131. The second-order valence-electron chi connectivity index (χ2n) is 5.47. The van der Waals surface area contributed by atoms with Crippen LogP contribution in [0, 0.1) is 6.92 Å². The highest BCUT2D eigenvalue weighted by Crippen LogP contribution is 2.31. The molecule has 0 saturated carbocycles. The molecule has 0 radical (unpaired) electrons. The van der Waals surface area contributed by atoms with E-state index >= 15 is 0 Å². The maximum atomic E-state index is 12.6. The van der Waals surface area contributed by atoms with Gasteiger partial charge in [0.2, 0.25) is 0 Å². The summed E-state index contributed by atoms with van der Waals surface area (Å²) in [7, 11) is 0. The average molecular weight is 310 g/mol. The lowest BCUT2D eigenvalue weighted by atomic mass is 9.91. The van der Waals surface area contributed by atoms with Crippen molar-refractivity contribution in [1.29, 1.82) is 0 Å². The summed E-state index contributed by atoms with van der Waals surface area (Å²) in [5, 5.41) is 3.42. The summed E-state index contributed by atoms with van der Waals surface area (Å²) in [4.78, 5) is 25.9. The maximum absolute atomic E-state index is 12.6. The molecule has 6 heteroatoms. The molecule has 0 spiro atoms. The Hall–Kier alpha value is -1.59. The second kappa shape index (κ2) is 6.03. The maximum Gasteiger partial charge on any atom is 0.325 e. The molecular weight excluding hydrogens is 290 g/mol. The van der Waals surface area contributed by atoms with Gasteiger partial charge in [-0.1, -0.05) is 23.7 Å². The Morgan fingerprint density at radius 1 is 1.33 bits per heavy atom. The first kappa shape index (κ1) is 15.8. The number of urea groups is 1. The molecule has 5 nitrogen and oxygen atoms in total. The van der Waals surface area contributed by atoms with Crippen LogP contribution in [0.1, 0.15) is 30.9 Å². The third-order valence-corrected chi connectivity index (χ3v) is 4.27. The second-order valence-corrected chi connectivity index (χ2v) is 5.88. The van der Waals surface area contributed by atoms with Crippen molar-refractivity contribution in [1.82, 2.24) is 10.2 Å². The number of benzene rings is 1. The van der Waals surface area contributed by atoms with Crippen molar-refractivity contribution >= 4 is 23.5 Å². The molecule has 1 aliphatic rings. The van der Waals surface area contributed by atoms with Crippen molar-refractivity contribution in [2.45, 2.75) is 32.2 Å². The average Bonchev–Trinajstić information content (AvgIpc) is 2.66. The molecule has 1 aliphatic heterocycles. The van der Waals surface area contributed by atoms with Gasteiger partial charge in [-0.15, -0.1) is 0 Å². The van der Waals surface area contributed by atoms with Gasteiger partial charge in [0.25, 0.3) is 5.91 Å². The van der Waals surface area contributed by atoms with E-state index in [4.69, 9.17) is 17.3 Å². The third-order valence-electron chi connectivity index (χ3n) is 3.85. The van der Waals surface area contributed by atoms with E-state index in [0.717, 1.165) is 17.5 Å². The van der Waals surface area contributed by atoms with Gasteiger partial charge in [0, 0.05) is 11.6 Å². The number of halogens is 1. The largest absolute Gasteiger partial charge is 0.330 e. The molecule has 1 saturated heterocycles. The van der Waals surface area contributed by atoms with Crippen molar-refractivity contribution in [2.24, 2.45) is 5.73 Å². The third kappa shape index (κ3) is 2.89. The van der Waals surface area contributed by atoms with Gasteiger partial charge < -0.3 is 11.1 Å². The molecule has 1 aromatic carbocycles. The van der Waals surface area contributed by atoms with Crippen LogP contribution in [-0.4, -0.2) is 29.9 Å². The summed E-state index contributed by atoms with van der Waals surface area (Å²) < 4.78 is 0. The number of carbonyl (C=O) groups excluding carboxylic acids is 2. The van der Waals surface area contributed by atoms with E-state index in [9.17, 15) is 9.59 Å². The van der Waals surface area contributed by atoms with Crippen LogP contribution in [0.25, 0.3) is 0 Å². The number of hydrogen-bond acceptors (Lipinski definition) is 3. The number of nitrogens with two attached hydrogens (primary N) is 1. The normalized spacial score (nSPS) is 21.8. The number of hydrogen-bond donors (Lipinski definition) is 2. The minimum absolute atomic E-state index is 0.230. The van der Waals surface area contributed by atoms with Crippen molar-refractivity contribution in [3.05, 3.63) is 34.3 Å². The molecule has 21 heavy (non-hydrogen) atoms. The molecule has 0 bridgehead atoms. The topological polar surface area (TPSA) is 75.4 Å². The van der Waals surface area contributed by atoms with Gasteiger partial charge in [0.1, 0.15) is 5.54 Å². The highest BCUT2D eigenvalue weighted by molar-refractivity contribution is 6.31. The molecule has 1 heterocycles. The fourth-order valence-electron chi connectivity index (χ4n) is 2.47. The quantitative estimate of drug-likeness (QED) is 0.646. The molecule has 114 valence electrons. The number of amides is 3. The zero-order chi connectivity index (χ0) is 15.6. The van der Waals surface area contributed by atoms with Crippen LogP contribution in [0.15, 0.2) is 18.2 Å². The smallest absolute Gasteiger partial charge is 0.325 e. The first-order valence-electron chi connectivity index (χ1n) is 7.01. The number of rotatable bonds is 5. The Bertz CT molecular complexity index is 576. The number of imide groups is 1. The molecule has 2 rings (SSSR count). The highest BCUT2D eigenvalue weighted by Gasteiger charge is 2.48. The predicted octanol–water partition coefficient (Wildman–Crippen LogP) is 2.15. The number of unbranched alkanes of at least 4 members (excludes halogenated alkanes) is 1. The van der Waals surface area contributed by atoms with Crippen LogP contribution in [0.3, 0.4) is 0 Å². The SMILES string of the molecule is Cc1cc(C2(C)NC(=O)N(CCCCN)C2=O)ccc1Cl. The van der Waals surface area contributed by atoms with Gasteiger partial charge in [0.05, 0.1) is 0 Å². The molecule has 1 aromatic rings. The number of nitrogens with zero attached hydrogens (tertiary/aromatic N) is 1. The van der Waals surface area contributed by atoms with E-state index < -0.39 is 5.54 Å². The van der Waals surface area contributed by atoms with Gasteiger partial charge in [-0.3, -0.25) is 9.69 Å². The zero-order valence-corrected chi connectivity index (χ0v) is 13.0. The predicted molar refractivity (Wildman–Crippen MR) is 82.1 cm³/mol. The van der Waals surface area contributed by atoms with E-state index in [1.165, 1.54) is 4.90 Å². The highest BCUT2D eigenvalue weighted by atomic mass is 35.5. The van der Waals surface area contributed by atoms with Crippen molar-refractivity contribution in [3.8, 4) is 0 Å². The van der Waals surface area contributed by atoms with Crippen molar-refractivity contribution in [3.63, 3.8) is 0 Å². The van der Waals surface area contributed by atoms with Crippen LogP contribution in [-0.2, 0) is 10.3 Å². The summed E-state index contributed by atoms with van der Waals surface area (Å²) in [5.41, 5.74) is 6.02. The summed E-state index contributed by atoms with van der Waals surface area (Å²) in [6, 6.07) is 5.00. The summed E-state index contributed by atoms with van der Waals surface area (Å²) in [5.74, 6) is -0.230. The van der Waals surface area contributed by atoms with E-state index in [2.05, 4.69) is 5.32 Å². The van der Waals surface area contributed by atoms with Crippen LogP contribution in [0.4, 0.5) is 4.79 Å². The monoisotopic (exact) mass is 309 g/mol. The number of carbonyl (C=O) groups is 2. The van der Waals surface area contributed by atoms with Crippen LogP contribution in [0.5, 0.6) is 0 Å². The van der Waals surface area contributed by atoms with E-state index in [0.29, 0.717) is 24.5 Å². The van der Waals surface area contributed by atoms with E-state index in [1.54, 1.807) is 19.1 Å². The Labute approximate surface area is 129 Å².